The Bertz CT molecular complexity index is 232. The number of anilines is 1. The van der Waals surface area contributed by atoms with Gasteiger partial charge in [0.2, 0.25) is 0 Å². The number of pyridine rings is 1. The van der Waals surface area contributed by atoms with Crippen molar-refractivity contribution in [3.8, 4) is 0 Å². The van der Waals surface area contributed by atoms with Crippen LogP contribution in [0.25, 0.3) is 0 Å². The smallest absolute Gasteiger partial charge is 0.143 e. The summed E-state index contributed by atoms with van der Waals surface area (Å²) in [4.78, 5) is 4.02. The molecule has 3 nitrogen and oxygen atoms in total. The molecule has 0 fully saturated rings. The first kappa shape index (κ1) is 7.02. The van der Waals surface area contributed by atoms with Gasteiger partial charge in [0.25, 0.3) is 0 Å². The Morgan fingerprint density at radius 3 is 2.70 bits per heavy atom. The first-order valence-electron chi connectivity index (χ1n) is 3.14. The molecule has 1 aromatic heterocycles. The molecule has 3 heteroatoms. The highest BCUT2D eigenvalue weighted by Gasteiger charge is 1.97. The predicted molar refractivity (Wildman–Crippen MR) is 41.5 cm³/mol. The van der Waals surface area contributed by atoms with Gasteiger partial charge in [-0.3, -0.25) is 0 Å². The van der Waals surface area contributed by atoms with Crippen molar-refractivity contribution in [3.63, 3.8) is 0 Å². The van der Waals surface area contributed by atoms with Gasteiger partial charge in [0, 0.05) is 6.20 Å². The Morgan fingerprint density at radius 1 is 1.50 bits per heavy atom. The van der Waals surface area contributed by atoms with Crippen molar-refractivity contribution in [2.45, 2.75) is 13.8 Å². The molecule has 0 atom stereocenters. The molecule has 0 saturated heterocycles. The van der Waals surface area contributed by atoms with Crippen molar-refractivity contribution in [3.05, 3.63) is 23.4 Å². The van der Waals surface area contributed by atoms with Crippen molar-refractivity contribution in [1.82, 2.24) is 4.98 Å². The number of hydrogen-bond donors (Lipinski definition) is 2. The van der Waals surface area contributed by atoms with E-state index in [1.165, 1.54) is 5.56 Å². The second-order valence-electron chi connectivity index (χ2n) is 2.25. The number of rotatable bonds is 1. The molecule has 0 unspecified atom stereocenters. The van der Waals surface area contributed by atoms with E-state index in [0.717, 1.165) is 11.4 Å². The highest BCUT2D eigenvalue weighted by atomic mass is 15.2. The molecular weight excluding hydrogens is 126 g/mol. The summed E-state index contributed by atoms with van der Waals surface area (Å²) in [5, 5.41) is 0. The van der Waals surface area contributed by atoms with E-state index in [9.17, 15) is 0 Å². The Morgan fingerprint density at radius 2 is 2.20 bits per heavy atom. The summed E-state index contributed by atoms with van der Waals surface area (Å²) in [5.74, 6) is 5.96. The summed E-state index contributed by atoms with van der Waals surface area (Å²) in [7, 11) is 0. The molecule has 0 radical (unpaired) electrons. The summed E-state index contributed by atoms with van der Waals surface area (Å²) in [6, 6.07) is 1.95. The number of nitrogens with zero attached hydrogens (tertiary/aromatic N) is 1. The summed E-state index contributed by atoms with van der Waals surface area (Å²) >= 11 is 0. The summed E-state index contributed by atoms with van der Waals surface area (Å²) in [5.41, 5.74) is 4.82. The van der Waals surface area contributed by atoms with E-state index in [1.54, 1.807) is 6.20 Å². The molecule has 0 aliphatic rings. The number of nitrogens with one attached hydrogen (secondary N) is 1. The second kappa shape index (κ2) is 2.66. The first-order chi connectivity index (χ1) is 4.75. The van der Waals surface area contributed by atoms with Crippen molar-refractivity contribution in [2.24, 2.45) is 5.84 Å². The molecule has 0 bridgehead atoms. The van der Waals surface area contributed by atoms with Crippen LogP contribution in [-0.2, 0) is 0 Å². The maximum Gasteiger partial charge on any atom is 0.143 e. The van der Waals surface area contributed by atoms with Gasteiger partial charge in [-0.2, -0.15) is 0 Å². The van der Waals surface area contributed by atoms with Crippen LogP contribution in [-0.4, -0.2) is 4.98 Å². The first-order valence-corrected chi connectivity index (χ1v) is 3.14. The monoisotopic (exact) mass is 137 g/mol. The summed E-state index contributed by atoms with van der Waals surface area (Å²) in [6.45, 7) is 4.01. The predicted octanol–water partition coefficient (Wildman–Crippen LogP) is 0.984. The number of aromatic nitrogens is 1. The van der Waals surface area contributed by atoms with Crippen molar-refractivity contribution in [1.29, 1.82) is 0 Å². The molecule has 0 aliphatic heterocycles. The third kappa shape index (κ3) is 1.09. The maximum absolute atomic E-state index is 5.21. The van der Waals surface area contributed by atoms with Crippen LogP contribution in [0.15, 0.2) is 12.3 Å². The third-order valence-corrected chi connectivity index (χ3v) is 1.61. The number of aryl methyl sites for hydroxylation is 1. The second-order valence-corrected chi connectivity index (χ2v) is 2.25. The number of nitrogen functional groups attached to an aromatic ring is 1. The topological polar surface area (TPSA) is 50.9 Å². The summed E-state index contributed by atoms with van der Waals surface area (Å²) in [6.07, 6.45) is 1.73. The fourth-order valence-corrected chi connectivity index (χ4v) is 0.778. The Balaban J connectivity index is 3.14. The molecule has 1 aromatic rings. The standard InChI is InChI=1S/C7H11N3/c1-5-3-4-9-7(10-8)6(5)2/h3-4H,8H2,1-2H3,(H,9,10). The fourth-order valence-electron chi connectivity index (χ4n) is 0.778. The van der Waals surface area contributed by atoms with Gasteiger partial charge < -0.3 is 5.43 Å². The Kier molecular flexibility index (Phi) is 1.87. The number of nitrogens with two attached hydrogens (primary N) is 1. The fraction of sp³-hybridized carbons (Fsp3) is 0.286. The van der Waals surface area contributed by atoms with Crippen LogP contribution in [0.5, 0.6) is 0 Å². The van der Waals surface area contributed by atoms with Gasteiger partial charge >= 0.3 is 0 Å². The third-order valence-electron chi connectivity index (χ3n) is 1.61. The number of hydrogen-bond acceptors (Lipinski definition) is 3. The number of hydrazine groups is 1. The molecule has 0 saturated carbocycles. The molecule has 0 spiro atoms. The highest BCUT2D eigenvalue weighted by Crippen LogP contribution is 2.12. The van der Waals surface area contributed by atoms with Gasteiger partial charge in [-0.1, -0.05) is 0 Å². The van der Waals surface area contributed by atoms with Gasteiger partial charge in [0.05, 0.1) is 0 Å². The van der Waals surface area contributed by atoms with Crippen molar-refractivity contribution < 1.29 is 0 Å². The molecule has 1 rings (SSSR count). The zero-order valence-corrected chi connectivity index (χ0v) is 6.18. The van der Waals surface area contributed by atoms with Crippen molar-refractivity contribution >= 4 is 5.82 Å². The Hall–Kier alpha value is -1.09. The lowest BCUT2D eigenvalue weighted by Gasteiger charge is -2.04. The SMILES string of the molecule is Cc1ccnc(NN)c1C. The molecule has 10 heavy (non-hydrogen) atoms. The quantitative estimate of drug-likeness (QED) is 0.448. The molecule has 0 amide bonds. The van der Waals surface area contributed by atoms with Gasteiger partial charge in [0.15, 0.2) is 0 Å². The zero-order valence-electron chi connectivity index (χ0n) is 6.18. The van der Waals surface area contributed by atoms with E-state index in [4.69, 9.17) is 5.84 Å². The lowest BCUT2D eigenvalue weighted by Crippen LogP contribution is -2.10. The van der Waals surface area contributed by atoms with Crippen LogP contribution < -0.4 is 11.3 Å². The lowest BCUT2D eigenvalue weighted by atomic mass is 10.2. The van der Waals surface area contributed by atoms with E-state index < -0.39 is 0 Å². The van der Waals surface area contributed by atoms with E-state index in [-0.39, 0.29) is 0 Å². The average Bonchev–Trinajstić information content (AvgIpc) is 1.95. The molecule has 1 heterocycles. The van der Waals surface area contributed by atoms with Crippen LogP contribution in [0, 0.1) is 13.8 Å². The van der Waals surface area contributed by atoms with Gasteiger partial charge in [-0.25, -0.2) is 10.8 Å². The molecule has 3 N–H and O–H groups in total. The van der Waals surface area contributed by atoms with Crippen LogP contribution in [0.4, 0.5) is 5.82 Å². The normalized spacial score (nSPS) is 9.50. The minimum absolute atomic E-state index is 0.750. The largest absolute Gasteiger partial charge is 0.308 e. The molecular formula is C7H11N3. The van der Waals surface area contributed by atoms with Gasteiger partial charge in [-0.05, 0) is 31.0 Å². The van der Waals surface area contributed by atoms with Crippen LogP contribution in [0.3, 0.4) is 0 Å². The molecule has 0 aromatic carbocycles. The average molecular weight is 137 g/mol. The van der Waals surface area contributed by atoms with E-state index in [1.807, 2.05) is 19.9 Å². The maximum atomic E-state index is 5.21. The van der Waals surface area contributed by atoms with E-state index >= 15 is 0 Å². The lowest BCUT2D eigenvalue weighted by molar-refractivity contribution is 1.16. The summed E-state index contributed by atoms with van der Waals surface area (Å²) < 4.78 is 0. The van der Waals surface area contributed by atoms with Crippen molar-refractivity contribution in [2.75, 3.05) is 5.43 Å². The van der Waals surface area contributed by atoms with Crippen LogP contribution >= 0.6 is 0 Å². The minimum Gasteiger partial charge on any atom is -0.308 e. The van der Waals surface area contributed by atoms with Crippen LogP contribution in [0.1, 0.15) is 11.1 Å². The van der Waals surface area contributed by atoms with E-state index in [2.05, 4.69) is 10.4 Å². The molecule has 0 aliphatic carbocycles. The Labute approximate surface area is 60.2 Å². The van der Waals surface area contributed by atoms with Gasteiger partial charge in [-0.15, -0.1) is 0 Å². The minimum atomic E-state index is 0.750. The highest BCUT2D eigenvalue weighted by molar-refractivity contribution is 5.45. The van der Waals surface area contributed by atoms with Crippen LogP contribution in [0.2, 0.25) is 0 Å². The van der Waals surface area contributed by atoms with Gasteiger partial charge in [0.1, 0.15) is 5.82 Å². The zero-order chi connectivity index (χ0) is 7.56. The van der Waals surface area contributed by atoms with E-state index in [0.29, 0.717) is 0 Å². The molecule has 54 valence electrons.